The molecular formula is C21H20N4O3S. The van der Waals surface area contributed by atoms with Gasteiger partial charge in [0.25, 0.3) is 5.69 Å². The lowest BCUT2D eigenvalue weighted by Gasteiger charge is -2.29. The molecule has 1 aromatic carbocycles. The van der Waals surface area contributed by atoms with Gasteiger partial charge in [0, 0.05) is 29.9 Å². The molecule has 2 atom stereocenters. The number of nitrogens with one attached hydrogen (secondary N) is 1. The van der Waals surface area contributed by atoms with Gasteiger partial charge in [-0.15, -0.1) is 0 Å². The summed E-state index contributed by atoms with van der Waals surface area (Å²) in [5.74, 6) is 1.30. The first-order valence-corrected chi connectivity index (χ1v) is 9.71. The van der Waals surface area contributed by atoms with Crippen LogP contribution in [0.2, 0.25) is 0 Å². The zero-order chi connectivity index (χ0) is 20.5. The first-order valence-electron chi connectivity index (χ1n) is 9.30. The Morgan fingerprint density at radius 1 is 1.21 bits per heavy atom. The molecule has 0 spiro atoms. The van der Waals surface area contributed by atoms with Crippen molar-refractivity contribution >= 4 is 23.0 Å². The third kappa shape index (κ3) is 3.58. The molecule has 29 heavy (non-hydrogen) atoms. The van der Waals surface area contributed by atoms with E-state index >= 15 is 0 Å². The number of rotatable bonds is 5. The highest BCUT2D eigenvalue weighted by atomic mass is 32.1. The van der Waals surface area contributed by atoms with Crippen molar-refractivity contribution in [3.63, 3.8) is 0 Å². The third-order valence-corrected chi connectivity index (χ3v) is 5.28. The summed E-state index contributed by atoms with van der Waals surface area (Å²) in [5.41, 5.74) is 1.56. The van der Waals surface area contributed by atoms with Crippen LogP contribution in [-0.2, 0) is 0 Å². The van der Waals surface area contributed by atoms with Crippen LogP contribution in [0.25, 0.3) is 11.3 Å². The fourth-order valence-electron chi connectivity index (χ4n) is 3.67. The zero-order valence-corrected chi connectivity index (χ0v) is 16.8. The number of nitrogens with zero attached hydrogens (tertiary/aromatic N) is 3. The van der Waals surface area contributed by atoms with Gasteiger partial charge < -0.3 is 14.6 Å². The van der Waals surface area contributed by atoms with Crippen LogP contribution in [0, 0.1) is 10.1 Å². The molecule has 3 heterocycles. The summed E-state index contributed by atoms with van der Waals surface area (Å²) in [6.07, 6.45) is 1.76. The van der Waals surface area contributed by atoms with E-state index in [0.717, 1.165) is 11.5 Å². The summed E-state index contributed by atoms with van der Waals surface area (Å²) >= 11 is 5.59. The van der Waals surface area contributed by atoms with Crippen molar-refractivity contribution < 1.29 is 9.34 Å². The van der Waals surface area contributed by atoms with Crippen molar-refractivity contribution in [2.24, 2.45) is 0 Å². The van der Waals surface area contributed by atoms with E-state index in [1.165, 1.54) is 12.1 Å². The highest BCUT2D eigenvalue weighted by Crippen LogP contribution is 2.41. The minimum Gasteiger partial charge on any atom is -0.459 e. The molecule has 0 aliphatic carbocycles. The average Bonchev–Trinajstić information content (AvgIpc) is 3.33. The Kier molecular flexibility index (Phi) is 5.02. The molecule has 2 aromatic heterocycles. The lowest BCUT2D eigenvalue weighted by Crippen LogP contribution is -2.35. The first-order chi connectivity index (χ1) is 14.0. The number of hydrogen-bond acceptors (Lipinski definition) is 5. The molecule has 3 aromatic rings. The van der Waals surface area contributed by atoms with Crippen LogP contribution in [0.4, 0.5) is 5.69 Å². The van der Waals surface area contributed by atoms with Gasteiger partial charge in [0.1, 0.15) is 17.6 Å². The van der Waals surface area contributed by atoms with Crippen molar-refractivity contribution in [3.05, 3.63) is 82.4 Å². The lowest BCUT2D eigenvalue weighted by molar-refractivity contribution is -0.384. The van der Waals surface area contributed by atoms with Crippen LogP contribution in [0.15, 0.2) is 65.2 Å². The molecule has 7 nitrogen and oxygen atoms in total. The molecule has 1 aliphatic rings. The quantitative estimate of drug-likeness (QED) is 0.374. The second kappa shape index (κ2) is 7.63. The number of nitro benzene ring substituents is 1. The summed E-state index contributed by atoms with van der Waals surface area (Å²) in [7, 11) is 0. The molecule has 1 N–H and O–H groups in total. The molecule has 1 fully saturated rings. The van der Waals surface area contributed by atoms with Crippen molar-refractivity contribution in [2.75, 3.05) is 0 Å². The number of pyridine rings is 1. The molecule has 4 rings (SSSR count). The van der Waals surface area contributed by atoms with E-state index in [4.69, 9.17) is 16.6 Å². The van der Waals surface area contributed by atoms with Crippen molar-refractivity contribution in [1.82, 2.24) is 15.2 Å². The van der Waals surface area contributed by atoms with E-state index in [0.29, 0.717) is 16.4 Å². The van der Waals surface area contributed by atoms with E-state index < -0.39 is 4.92 Å². The van der Waals surface area contributed by atoms with Crippen LogP contribution in [0.5, 0.6) is 0 Å². The van der Waals surface area contributed by atoms with E-state index in [1.54, 1.807) is 18.3 Å². The van der Waals surface area contributed by atoms with E-state index in [-0.39, 0.29) is 23.8 Å². The minimum absolute atomic E-state index is 0.0272. The monoisotopic (exact) mass is 408 g/mol. The molecular weight excluding hydrogens is 388 g/mol. The third-order valence-electron chi connectivity index (χ3n) is 4.95. The SMILES string of the molecule is CC(C)N1C(=S)N[C@H](c2ccccn2)[C@H]1c1ccc(-c2cccc([N+](=O)[O-])c2)o1. The topological polar surface area (TPSA) is 84.4 Å². The van der Waals surface area contributed by atoms with Gasteiger partial charge in [-0.1, -0.05) is 18.2 Å². The summed E-state index contributed by atoms with van der Waals surface area (Å²) in [4.78, 5) is 17.3. The molecule has 1 saturated heterocycles. The number of non-ortho nitro benzene ring substituents is 1. The average molecular weight is 408 g/mol. The van der Waals surface area contributed by atoms with E-state index in [9.17, 15) is 10.1 Å². The zero-order valence-electron chi connectivity index (χ0n) is 16.0. The van der Waals surface area contributed by atoms with Crippen LogP contribution in [0.1, 0.15) is 37.4 Å². The maximum atomic E-state index is 11.1. The van der Waals surface area contributed by atoms with Gasteiger partial charge in [-0.05, 0) is 50.3 Å². The van der Waals surface area contributed by atoms with Crippen LogP contribution >= 0.6 is 12.2 Å². The molecule has 0 bridgehead atoms. The molecule has 148 valence electrons. The predicted molar refractivity (Wildman–Crippen MR) is 113 cm³/mol. The van der Waals surface area contributed by atoms with Crippen molar-refractivity contribution in [2.45, 2.75) is 32.0 Å². The normalized spacial score (nSPS) is 18.9. The fraction of sp³-hybridized carbons (Fsp3) is 0.238. The maximum Gasteiger partial charge on any atom is 0.270 e. The van der Waals surface area contributed by atoms with Gasteiger partial charge in [-0.2, -0.15) is 0 Å². The Labute approximate surface area is 173 Å². The molecule has 0 amide bonds. The van der Waals surface area contributed by atoms with E-state index in [1.807, 2.05) is 30.3 Å². The van der Waals surface area contributed by atoms with Gasteiger partial charge in [0.05, 0.1) is 16.7 Å². The highest BCUT2D eigenvalue weighted by Gasteiger charge is 2.42. The Hall–Kier alpha value is -3.26. The lowest BCUT2D eigenvalue weighted by atomic mass is 10.0. The number of thiocarbonyl (C=S) groups is 1. The van der Waals surface area contributed by atoms with Crippen LogP contribution in [-0.4, -0.2) is 26.0 Å². The molecule has 0 saturated carbocycles. The fourth-order valence-corrected chi connectivity index (χ4v) is 4.12. The Bertz CT molecular complexity index is 1050. The number of aromatic nitrogens is 1. The summed E-state index contributed by atoms with van der Waals surface area (Å²) in [5, 5.41) is 15.1. The second-order valence-electron chi connectivity index (χ2n) is 7.14. The van der Waals surface area contributed by atoms with Gasteiger partial charge >= 0.3 is 0 Å². The Morgan fingerprint density at radius 3 is 2.72 bits per heavy atom. The van der Waals surface area contributed by atoms with Crippen molar-refractivity contribution in [3.8, 4) is 11.3 Å². The summed E-state index contributed by atoms with van der Waals surface area (Å²) < 4.78 is 6.18. The number of hydrogen-bond donors (Lipinski definition) is 1. The maximum absolute atomic E-state index is 11.1. The predicted octanol–water partition coefficient (Wildman–Crippen LogP) is 4.63. The Balaban J connectivity index is 1.74. The standard InChI is InChI=1S/C21H20N4O3S/c1-13(2)24-20(19(23-21(24)29)16-8-3-4-11-22-16)18-10-9-17(28-18)14-6-5-7-15(12-14)25(26)27/h3-13,19-20H,1-2H3,(H,23,29)/t19-,20-/m1/s1. The van der Waals surface area contributed by atoms with Gasteiger partial charge in [-0.25, -0.2) is 0 Å². The number of nitro groups is 1. The van der Waals surface area contributed by atoms with Crippen LogP contribution < -0.4 is 5.32 Å². The largest absolute Gasteiger partial charge is 0.459 e. The van der Waals surface area contributed by atoms with Crippen LogP contribution in [0.3, 0.4) is 0 Å². The smallest absolute Gasteiger partial charge is 0.270 e. The van der Waals surface area contributed by atoms with E-state index in [2.05, 4.69) is 29.0 Å². The highest BCUT2D eigenvalue weighted by molar-refractivity contribution is 7.80. The Morgan fingerprint density at radius 2 is 2.03 bits per heavy atom. The number of furan rings is 1. The first kappa shape index (κ1) is 19.1. The van der Waals surface area contributed by atoms with Gasteiger partial charge in [-0.3, -0.25) is 15.1 Å². The van der Waals surface area contributed by atoms with Crippen molar-refractivity contribution in [1.29, 1.82) is 0 Å². The molecule has 1 aliphatic heterocycles. The molecule has 0 radical (unpaired) electrons. The van der Waals surface area contributed by atoms with Gasteiger partial charge in [0.15, 0.2) is 5.11 Å². The minimum atomic E-state index is -0.412. The number of benzene rings is 1. The van der Waals surface area contributed by atoms with Gasteiger partial charge in [0.2, 0.25) is 0 Å². The summed E-state index contributed by atoms with van der Waals surface area (Å²) in [6.45, 7) is 4.15. The molecule has 8 heteroatoms. The second-order valence-corrected chi connectivity index (χ2v) is 7.52. The summed E-state index contributed by atoms with van der Waals surface area (Å²) in [6, 6.07) is 15.8. The molecule has 0 unspecified atom stereocenters.